The summed E-state index contributed by atoms with van der Waals surface area (Å²) in [5, 5.41) is 3.05. The predicted molar refractivity (Wildman–Crippen MR) is 79.2 cm³/mol. The van der Waals surface area contributed by atoms with Gasteiger partial charge < -0.3 is 15.8 Å². The van der Waals surface area contributed by atoms with Crippen LogP contribution in [0.3, 0.4) is 0 Å². The highest BCUT2D eigenvalue weighted by atomic mass is 19.1. The van der Waals surface area contributed by atoms with Gasteiger partial charge in [-0.15, -0.1) is 0 Å². The van der Waals surface area contributed by atoms with E-state index in [2.05, 4.69) is 5.32 Å². The van der Waals surface area contributed by atoms with Crippen LogP contribution in [0.15, 0.2) is 24.3 Å². The summed E-state index contributed by atoms with van der Waals surface area (Å²) in [6.45, 7) is 3.07. The fourth-order valence-corrected chi connectivity index (χ4v) is 2.76. The number of amides is 1. The molecule has 0 spiro atoms. The van der Waals surface area contributed by atoms with Crippen molar-refractivity contribution in [2.75, 3.05) is 13.2 Å². The molecule has 5 heteroatoms. The van der Waals surface area contributed by atoms with Gasteiger partial charge in [-0.1, -0.05) is 25.5 Å². The van der Waals surface area contributed by atoms with Gasteiger partial charge >= 0.3 is 0 Å². The summed E-state index contributed by atoms with van der Waals surface area (Å²) in [5.74, 6) is -0.478. The number of carbonyl (C=O) groups is 1. The van der Waals surface area contributed by atoms with Crippen LogP contribution in [0.4, 0.5) is 4.39 Å². The number of nitrogens with two attached hydrogens (primary N) is 1. The number of hydrogen-bond donors (Lipinski definition) is 2. The van der Waals surface area contributed by atoms with Crippen molar-refractivity contribution < 1.29 is 13.9 Å². The Morgan fingerprint density at radius 3 is 2.81 bits per heavy atom. The van der Waals surface area contributed by atoms with E-state index in [9.17, 15) is 9.18 Å². The Morgan fingerprint density at radius 1 is 1.48 bits per heavy atom. The molecule has 2 rings (SSSR count). The van der Waals surface area contributed by atoms with Crippen molar-refractivity contribution >= 4 is 5.91 Å². The molecular weight excluding hydrogens is 271 g/mol. The lowest BCUT2D eigenvalue weighted by Crippen LogP contribution is -2.54. The standard InChI is InChI=1S/C16H23FN2O2/c1-2-4-14(18)15(20)19-16(7-9-21-10-8-16)12-5-3-6-13(17)11-12/h3,5-6,11,14H,2,4,7-10,18H2,1H3,(H,19,20). The SMILES string of the molecule is CCCC(N)C(=O)NC1(c2cccc(F)c2)CCOCC1. The molecule has 1 aromatic rings. The molecule has 4 nitrogen and oxygen atoms in total. The molecule has 1 atom stereocenters. The Bertz CT molecular complexity index is 487. The summed E-state index contributed by atoms with van der Waals surface area (Å²) in [6, 6.07) is 5.88. The molecule has 1 fully saturated rings. The largest absolute Gasteiger partial charge is 0.381 e. The molecule has 116 valence electrons. The van der Waals surface area contributed by atoms with Gasteiger partial charge in [0.05, 0.1) is 11.6 Å². The third-order valence-corrected chi connectivity index (χ3v) is 4.02. The summed E-state index contributed by atoms with van der Waals surface area (Å²) in [4.78, 5) is 12.3. The predicted octanol–water partition coefficient (Wildman–Crippen LogP) is 2.08. The average Bonchev–Trinajstić information content (AvgIpc) is 2.48. The molecular formula is C16H23FN2O2. The van der Waals surface area contributed by atoms with Gasteiger partial charge in [-0.25, -0.2) is 4.39 Å². The smallest absolute Gasteiger partial charge is 0.237 e. The molecule has 1 aliphatic heterocycles. The molecule has 0 aliphatic carbocycles. The van der Waals surface area contributed by atoms with Crippen LogP contribution in [0.1, 0.15) is 38.2 Å². The number of hydrogen-bond acceptors (Lipinski definition) is 3. The molecule has 1 saturated heterocycles. The van der Waals surface area contributed by atoms with Gasteiger partial charge in [0.25, 0.3) is 0 Å². The van der Waals surface area contributed by atoms with Crippen LogP contribution < -0.4 is 11.1 Å². The molecule has 1 unspecified atom stereocenters. The van der Waals surface area contributed by atoms with Crippen LogP contribution in [0.2, 0.25) is 0 Å². The monoisotopic (exact) mass is 294 g/mol. The van der Waals surface area contributed by atoms with E-state index in [-0.39, 0.29) is 11.7 Å². The van der Waals surface area contributed by atoms with Gasteiger partial charge in [0, 0.05) is 13.2 Å². The van der Waals surface area contributed by atoms with E-state index < -0.39 is 11.6 Å². The van der Waals surface area contributed by atoms with Crippen LogP contribution in [0, 0.1) is 5.82 Å². The van der Waals surface area contributed by atoms with Crippen molar-refractivity contribution in [3.05, 3.63) is 35.6 Å². The first-order valence-corrected chi connectivity index (χ1v) is 7.49. The van der Waals surface area contributed by atoms with Crippen molar-refractivity contribution in [3.63, 3.8) is 0 Å². The Kier molecular flexibility index (Phi) is 5.31. The molecule has 1 aromatic carbocycles. The van der Waals surface area contributed by atoms with Crippen LogP contribution in [-0.4, -0.2) is 25.2 Å². The van der Waals surface area contributed by atoms with Crippen molar-refractivity contribution in [3.8, 4) is 0 Å². The highest BCUT2D eigenvalue weighted by Crippen LogP contribution is 2.32. The first kappa shape index (κ1) is 15.9. The van der Waals surface area contributed by atoms with Crippen LogP contribution in [-0.2, 0) is 15.1 Å². The Labute approximate surface area is 124 Å². The minimum absolute atomic E-state index is 0.178. The minimum atomic E-state index is -0.581. The van der Waals surface area contributed by atoms with Crippen LogP contribution >= 0.6 is 0 Å². The highest BCUT2D eigenvalue weighted by Gasteiger charge is 2.37. The number of benzene rings is 1. The van der Waals surface area contributed by atoms with E-state index in [0.717, 1.165) is 12.0 Å². The van der Waals surface area contributed by atoms with Crippen molar-refractivity contribution in [2.24, 2.45) is 5.73 Å². The number of ether oxygens (including phenoxy) is 1. The molecule has 3 N–H and O–H groups in total. The lowest BCUT2D eigenvalue weighted by molar-refractivity contribution is -0.126. The second kappa shape index (κ2) is 7.00. The zero-order chi connectivity index (χ0) is 15.3. The Balaban J connectivity index is 2.23. The zero-order valence-corrected chi connectivity index (χ0v) is 12.4. The molecule has 21 heavy (non-hydrogen) atoms. The van der Waals surface area contributed by atoms with Gasteiger partial charge in [0.2, 0.25) is 5.91 Å². The maximum absolute atomic E-state index is 13.5. The topological polar surface area (TPSA) is 64.4 Å². The molecule has 0 saturated carbocycles. The van der Waals surface area contributed by atoms with Gasteiger partial charge in [-0.05, 0) is 37.0 Å². The normalized spacial score (nSPS) is 19.0. The lowest BCUT2D eigenvalue weighted by Gasteiger charge is -2.39. The molecule has 0 bridgehead atoms. The minimum Gasteiger partial charge on any atom is -0.381 e. The van der Waals surface area contributed by atoms with E-state index >= 15 is 0 Å². The Morgan fingerprint density at radius 2 is 2.19 bits per heavy atom. The fourth-order valence-electron chi connectivity index (χ4n) is 2.76. The maximum Gasteiger partial charge on any atom is 0.237 e. The third kappa shape index (κ3) is 3.80. The number of rotatable bonds is 5. The molecule has 1 heterocycles. The van der Waals surface area contributed by atoms with E-state index in [1.165, 1.54) is 12.1 Å². The maximum atomic E-state index is 13.5. The van der Waals surface area contributed by atoms with Crippen molar-refractivity contribution in [1.29, 1.82) is 0 Å². The van der Waals surface area contributed by atoms with Gasteiger partial charge in [0.15, 0.2) is 0 Å². The van der Waals surface area contributed by atoms with Crippen LogP contribution in [0.5, 0.6) is 0 Å². The second-order valence-electron chi connectivity index (χ2n) is 5.59. The fraction of sp³-hybridized carbons (Fsp3) is 0.562. The van der Waals surface area contributed by atoms with E-state index in [1.807, 2.05) is 13.0 Å². The van der Waals surface area contributed by atoms with Crippen molar-refractivity contribution in [2.45, 2.75) is 44.2 Å². The summed E-state index contributed by atoms with van der Waals surface area (Å²) in [6.07, 6.45) is 2.74. The van der Waals surface area contributed by atoms with Crippen LogP contribution in [0.25, 0.3) is 0 Å². The second-order valence-corrected chi connectivity index (χ2v) is 5.59. The number of halogens is 1. The summed E-state index contributed by atoms with van der Waals surface area (Å²) in [7, 11) is 0. The van der Waals surface area contributed by atoms with Gasteiger partial charge in [0.1, 0.15) is 5.82 Å². The molecule has 1 amide bonds. The molecule has 1 aliphatic rings. The van der Waals surface area contributed by atoms with Crippen molar-refractivity contribution in [1.82, 2.24) is 5.32 Å². The third-order valence-electron chi connectivity index (χ3n) is 4.02. The number of nitrogens with one attached hydrogen (secondary N) is 1. The lowest BCUT2D eigenvalue weighted by atomic mass is 9.82. The molecule has 0 radical (unpaired) electrons. The summed E-state index contributed by atoms with van der Waals surface area (Å²) < 4.78 is 18.9. The first-order chi connectivity index (χ1) is 10.1. The zero-order valence-electron chi connectivity index (χ0n) is 12.4. The summed E-state index contributed by atoms with van der Waals surface area (Å²) >= 11 is 0. The van der Waals surface area contributed by atoms with Gasteiger partial charge in [-0.3, -0.25) is 4.79 Å². The first-order valence-electron chi connectivity index (χ1n) is 7.49. The van der Waals surface area contributed by atoms with Gasteiger partial charge in [-0.2, -0.15) is 0 Å². The Hall–Kier alpha value is -1.46. The van der Waals surface area contributed by atoms with E-state index in [0.29, 0.717) is 32.5 Å². The summed E-state index contributed by atoms with van der Waals surface area (Å²) in [5.41, 5.74) is 6.09. The highest BCUT2D eigenvalue weighted by molar-refractivity contribution is 5.82. The van der Waals surface area contributed by atoms with E-state index in [4.69, 9.17) is 10.5 Å². The quantitative estimate of drug-likeness (QED) is 0.874. The average molecular weight is 294 g/mol. The number of carbonyl (C=O) groups excluding carboxylic acids is 1. The van der Waals surface area contributed by atoms with E-state index in [1.54, 1.807) is 6.07 Å². The molecule has 0 aromatic heterocycles.